The van der Waals surface area contributed by atoms with Crippen LogP contribution in [0.2, 0.25) is 0 Å². The van der Waals surface area contributed by atoms with Crippen molar-refractivity contribution in [3.63, 3.8) is 0 Å². The standard InChI is InChI=1S/C15H20N4O/c1-15(2,3)10-7-5-6-8-11(10)19-13-12(16)14(20-4)18-9-17-13/h5-9H,16H2,1-4H3,(H,17,18,19). The summed E-state index contributed by atoms with van der Waals surface area (Å²) in [6.45, 7) is 6.49. The molecule has 20 heavy (non-hydrogen) atoms. The first-order valence-corrected chi connectivity index (χ1v) is 6.44. The van der Waals surface area contributed by atoms with Gasteiger partial charge in [-0.1, -0.05) is 39.0 Å². The van der Waals surface area contributed by atoms with Crippen molar-refractivity contribution in [3.05, 3.63) is 36.2 Å². The molecule has 0 saturated carbocycles. The molecule has 1 aromatic heterocycles. The van der Waals surface area contributed by atoms with Crippen molar-refractivity contribution in [2.75, 3.05) is 18.2 Å². The number of hydrogen-bond donors (Lipinski definition) is 2. The highest BCUT2D eigenvalue weighted by atomic mass is 16.5. The van der Waals surface area contributed by atoms with Crippen LogP contribution in [0.15, 0.2) is 30.6 Å². The Hall–Kier alpha value is -2.30. The minimum absolute atomic E-state index is 0.0233. The Balaban J connectivity index is 2.41. The van der Waals surface area contributed by atoms with Crippen LogP contribution in [0.25, 0.3) is 0 Å². The average molecular weight is 272 g/mol. The summed E-state index contributed by atoms with van der Waals surface area (Å²) in [6.07, 6.45) is 1.43. The van der Waals surface area contributed by atoms with Crippen molar-refractivity contribution in [1.82, 2.24) is 9.97 Å². The predicted octanol–water partition coefficient (Wildman–Crippen LogP) is 3.11. The molecule has 0 aliphatic rings. The number of methoxy groups -OCH3 is 1. The van der Waals surface area contributed by atoms with Crippen LogP contribution < -0.4 is 15.8 Å². The Kier molecular flexibility index (Phi) is 3.79. The average Bonchev–Trinajstić information content (AvgIpc) is 2.40. The molecule has 5 nitrogen and oxygen atoms in total. The monoisotopic (exact) mass is 272 g/mol. The molecule has 0 atom stereocenters. The van der Waals surface area contributed by atoms with Gasteiger partial charge in [0.25, 0.3) is 0 Å². The lowest BCUT2D eigenvalue weighted by molar-refractivity contribution is 0.399. The van der Waals surface area contributed by atoms with E-state index in [1.54, 1.807) is 0 Å². The molecule has 0 spiro atoms. The summed E-state index contributed by atoms with van der Waals surface area (Å²) in [5.41, 5.74) is 8.58. The molecule has 106 valence electrons. The Morgan fingerprint density at radius 3 is 2.50 bits per heavy atom. The van der Waals surface area contributed by atoms with Gasteiger partial charge in [0.2, 0.25) is 5.88 Å². The summed E-state index contributed by atoms with van der Waals surface area (Å²) in [7, 11) is 1.53. The Labute approximate surface area is 119 Å². The number of nitrogen functional groups attached to an aromatic ring is 1. The lowest BCUT2D eigenvalue weighted by Gasteiger charge is -2.23. The van der Waals surface area contributed by atoms with Gasteiger partial charge in [-0.2, -0.15) is 4.98 Å². The molecule has 0 aliphatic heterocycles. The van der Waals surface area contributed by atoms with Gasteiger partial charge in [-0.25, -0.2) is 4.98 Å². The molecule has 0 unspecified atom stereocenters. The lowest BCUT2D eigenvalue weighted by atomic mass is 9.86. The topological polar surface area (TPSA) is 73.1 Å². The maximum absolute atomic E-state index is 5.99. The number of benzene rings is 1. The quantitative estimate of drug-likeness (QED) is 0.898. The number of para-hydroxylation sites is 1. The lowest BCUT2D eigenvalue weighted by Crippen LogP contribution is -2.14. The molecular weight excluding hydrogens is 252 g/mol. The van der Waals surface area contributed by atoms with E-state index in [1.807, 2.05) is 18.2 Å². The van der Waals surface area contributed by atoms with E-state index < -0.39 is 0 Å². The van der Waals surface area contributed by atoms with Crippen molar-refractivity contribution >= 4 is 17.2 Å². The molecular formula is C15H20N4O. The van der Waals surface area contributed by atoms with Gasteiger partial charge in [0.05, 0.1) is 7.11 Å². The van der Waals surface area contributed by atoms with E-state index in [4.69, 9.17) is 10.5 Å². The number of nitrogens with two attached hydrogens (primary N) is 1. The first-order valence-electron chi connectivity index (χ1n) is 6.44. The van der Waals surface area contributed by atoms with Crippen molar-refractivity contribution in [2.45, 2.75) is 26.2 Å². The van der Waals surface area contributed by atoms with Crippen LogP contribution in [0, 0.1) is 0 Å². The first kappa shape index (κ1) is 14.1. The number of hydrogen-bond acceptors (Lipinski definition) is 5. The number of nitrogens with zero attached hydrogens (tertiary/aromatic N) is 2. The number of ether oxygens (including phenoxy) is 1. The summed E-state index contributed by atoms with van der Waals surface area (Å²) < 4.78 is 5.10. The minimum atomic E-state index is 0.0233. The Bertz CT molecular complexity index is 605. The van der Waals surface area contributed by atoms with Crippen LogP contribution in [0.3, 0.4) is 0 Å². The molecule has 0 fully saturated rings. The molecule has 0 amide bonds. The second-order valence-corrected chi connectivity index (χ2v) is 5.57. The minimum Gasteiger partial charge on any atom is -0.479 e. The molecule has 0 radical (unpaired) electrons. The molecule has 0 saturated heterocycles. The maximum atomic E-state index is 5.99. The predicted molar refractivity (Wildman–Crippen MR) is 81.4 cm³/mol. The Morgan fingerprint density at radius 2 is 1.85 bits per heavy atom. The van der Waals surface area contributed by atoms with Crippen LogP contribution in [0.1, 0.15) is 26.3 Å². The molecule has 5 heteroatoms. The van der Waals surface area contributed by atoms with Gasteiger partial charge >= 0.3 is 0 Å². The van der Waals surface area contributed by atoms with Crippen LogP contribution in [-0.4, -0.2) is 17.1 Å². The molecule has 0 bridgehead atoms. The number of anilines is 3. The van der Waals surface area contributed by atoms with Gasteiger partial charge in [0.1, 0.15) is 12.0 Å². The highest BCUT2D eigenvalue weighted by Gasteiger charge is 2.18. The third kappa shape index (κ3) is 2.82. The highest BCUT2D eigenvalue weighted by molar-refractivity contribution is 5.73. The summed E-state index contributed by atoms with van der Waals surface area (Å²) >= 11 is 0. The van der Waals surface area contributed by atoms with Crippen LogP contribution in [0.5, 0.6) is 5.88 Å². The van der Waals surface area contributed by atoms with E-state index in [9.17, 15) is 0 Å². The summed E-state index contributed by atoms with van der Waals surface area (Å²) in [5.74, 6) is 0.921. The molecule has 2 rings (SSSR count). The third-order valence-electron chi connectivity index (χ3n) is 3.03. The van der Waals surface area contributed by atoms with E-state index in [2.05, 4.69) is 42.1 Å². The molecule has 1 aromatic carbocycles. The van der Waals surface area contributed by atoms with E-state index in [-0.39, 0.29) is 5.41 Å². The van der Waals surface area contributed by atoms with Crippen LogP contribution in [-0.2, 0) is 5.41 Å². The zero-order chi connectivity index (χ0) is 14.8. The van der Waals surface area contributed by atoms with E-state index in [0.29, 0.717) is 17.4 Å². The fraction of sp³-hybridized carbons (Fsp3) is 0.333. The largest absolute Gasteiger partial charge is 0.479 e. The van der Waals surface area contributed by atoms with Gasteiger partial charge in [-0.15, -0.1) is 0 Å². The van der Waals surface area contributed by atoms with Crippen molar-refractivity contribution in [2.24, 2.45) is 0 Å². The van der Waals surface area contributed by atoms with E-state index in [0.717, 1.165) is 5.69 Å². The van der Waals surface area contributed by atoms with Crippen molar-refractivity contribution in [1.29, 1.82) is 0 Å². The number of rotatable bonds is 3. The highest BCUT2D eigenvalue weighted by Crippen LogP contribution is 2.33. The molecule has 0 aliphatic carbocycles. The first-order chi connectivity index (χ1) is 9.43. The number of aromatic nitrogens is 2. The summed E-state index contributed by atoms with van der Waals surface area (Å²) in [6, 6.07) is 8.10. The SMILES string of the molecule is COc1ncnc(Nc2ccccc2C(C)(C)C)c1N. The van der Waals surface area contributed by atoms with Gasteiger partial charge in [0, 0.05) is 5.69 Å². The molecule has 3 N–H and O–H groups in total. The maximum Gasteiger partial charge on any atom is 0.242 e. The molecule has 1 heterocycles. The van der Waals surface area contributed by atoms with Crippen LogP contribution >= 0.6 is 0 Å². The zero-order valence-corrected chi connectivity index (χ0v) is 12.3. The third-order valence-corrected chi connectivity index (χ3v) is 3.03. The number of nitrogens with one attached hydrogen (secondary N) is 1. The van der Waals surface area contributed by atoms with Gasteiger partial charge in [-0.05, 0) is 17.0 Å². The van der Waals surface area contributed by atoms with Gasteiger partial charge < -0.3 is 15.8 Å². The Morgan fingerprint density at radius 1 is 1.15 bits per heavy atom. The van der Waals surface area contributed by atoms with Crippen LogP contribution in [0.4, 0.5) is 17.2 Å². The van der Waals surface area contributed by atoms with E-state index in [1.165, 1.54) is 19.0 Å². The van der Waals surface area contributed by atoms with E-state index >= 15 is 0 Å². The fourth-order valence-corrected chi connectivity index (χ4v) is 2.02. The second-order valence-electron chi connectivity index (χ2n) is 5.57. The van der Waals surface area contributed by atoms with Crippen molar-refractivity contribution < 1.29 is 4.74 Å². The smallest absolute Gasteiger partial charge is 0.242 e. The molecule has 2 aromatic rings. The summed E-state index contributed by atoms with van der Waals surface area (Å²) in [4.78, 5) is 8.15. The second kappa shape index (κ2) is 5.36. The van der Waals surface area contributed by atoms with Crippen molar-refractivity contribution in [3.8, 4) is 5.88 Å². The van der Waals surface area contributed by atoms with Gasteiger partial charge in [-0.3, -0.25) is 0 Å². The van der Waals surface area contributed by atoms with Gasteiger partial charge in [0.15, 0.2) is 5.82 Å². The normalized spacial score (nSPS) is 11.2. The fourth-order valence-electron chi connectivity index (χ4n) is 2.02. The zero-order valence-electron chi connectivity index (χ0n) is 12.3. The summed E-state index contributed by atoms with van der Waals surface area (Å²) in [5, 5.41) is 3.27.